The van der Waals surface area contributed by atoms with Crippen molar-refractivity contribution in [1.29, 1.82) is 0 Å². The zero-order chi connectivity index (χ0) is 23.9. The van der Waals surface area contributed by atoms with Crippen molar-refractivity contribution in [3.63, 3.8) is 0 Å². The summed E-state index contributed by atoms with van der Waals surface area (Å²) in [6.45, 7) is 3.57. The maximum absolute atomic E-state index is 13.2. The zero-order valence-corrected chi connectivity index (χ0v) is 20.0. The van der Waals surface area contributed by atoms with E-state index in [9.17, 15) is 27.8 Å². The molecule has 0 saturated heterocycles. The molecule has 2 aromatic carbocycles. The van der Waals surface area contributed by atoms with Gasteiger partial charge in [-0.3, -0.25) is 0 Å². The first-order valence-electron chi connectivity index (χ1n) is 10.4. The van der Waals surface area contributed by atoms with Crippen LogP contribution in [0.2, 0.25) is 0 Å². The molecule has 8 nitrogen and oxygen atoms in total. The molecule has 0 spiro atoms. The van der Waals surface area contributed by atoms with Crippen LogP contribution >= 0.6 is 7.37 Å². The number of hydrogen-bond acceptors (Lipinski definition) is 6. The molecule has 1 unspecified atom stereocenters. The maximum Gasteiger partial charge on any atom is 0.212 e. The number of aryl methyl sites for hydroxylation is 1. The SMILES string of the molecule is CC(C)[C@H](NS(=O)(=O)CCc1ccccc1)P(=O)([O-])C[C@H](C(=O)[O-])c1cccc(C[NH3+])c1. The number of sulfonamides is 1. The van der Waals surface area contributed by atoms with Crippen LogP contribution in [0.5, 0.6) is 0 Å². The predicted molar refractivity (Wildman–Crippen MR) is 119 cm³/mol. The fourth-order valence-corrected chi connectivity index (χ4v) is 7.85. The lowest BCUT2D eigenvalue weighted by molar-refractivity contribution is -0.386. The van der Waals surface area contributed by atoms with Crippen LogP contribution in [0.25, 0.3) is 0 Å². The lowest BCUT2D eigenvalue weighted by Gasteiger charge is -2.38. The molecule has 0 amide bonds. The molecule has 0 heterocycles. The number of carboxylic acid groups (broad SMARTS) is 1. The fourth-order valence-electron chi connectivity index (χ4n) is 3.46. The number of carboxylic acids is 1. The van der Waals surface area contributed by atoms with E-state index in [-0.39, 0.29) is 17.7 Å². The van der Waals surface area contributed by atoms with E-state index in [1.165, 1.54) is 6.07 Å². The summed E-state index contributed by atoms with van der Waals surface area (Å²) in [5, 5.41) is 11.8. The highest BCUT2D eigenvalue weighted by Gasteiger charge is 2.32. The molecule has 4 N–H and O–H groups in total. The van der Waals surface area contributed by atoms with E-state index in [4.69, 9.17) is 0 Å². The lowest BCUT2D eigenvalue weighted by atomic mass is 9.99. The van der Waals surface area contributed by atoms with Gasteiger partial charge in [0.2, 0.25) is 10.0 Å². The van der Waals surface area contributed by atoms with Crippen LogP contribution in [0.15, 0.2) is 54.6 Å². The smallest absolute Gasteiger partial charge is 0.212 e. The lowest BCUT2D eigenvalue weighted by Crippen LogP contribution is -2.47. The summed E-state index contributed by atoms with van der Waals surface area (Å²) in [4.78, 5) is 25.0. The summed E-state index contributed by atoms with van der Waals surface area (Å²) >= 11 is 0. The molecule has 2 rings (SSSR count). The molecule has 0 saturated carbocycles. The summed E-state index contributed by atoms with van der Waals surface area (Å²) in [6.07, 6.45) is -0.524. The second kappa shape index (κ2) is 11.2. The third-order valence-corrected chi connectivity index (χ3v) is 9.20. The van der Waals surface area contributed by atoms with Gasteiger partial charge >= 0.3 is 0 Å². The standard InChI is InChI=1S/C22H31N2O6PS/c1-16(2)21(24-32(29,30)12-11-17-7-4-3-5-8-17)31(27,28)15-20(22(25)26)19-10-6-9-18(13-19)14-23/h3-10,13,16,20-21,24H,11-12,14-15,23H2,1-2H3,(H,25,26)(H,27,28)/p-1/t20-,21+/m0/s1. The van der Waals surface area contributed by atoms with Crippen molar-refractivity contribution < 1.29 is 33.5 Å². The average Bonchev–Trinajstić information content (AvgIpc) is 2.75. The summed E-state index contributed by atoms with van der Waals surface area (Å²) in [6, 6.07) is 15.5. The van der Waals surface area contributed by atoms with Gasteiger partial charge in [0, 0.05) is 31.0 Å². The molecule has 0 aliphatic heterocycles. The van der Waals surface area contributed by atoms with Crippen LogP contribution in [0, 0.1) is 5.92 Å². The minimum absolute atomic E-state index is 0.226. The quantitative estimate of drug-likeness (QED) is 0.408. The molecular weight excluding hydrogens is 451 g/mol. The number of benzene rings is 2. The fraction of sp³-hybridized carbons (Fsp3) is 0.409. The summed E-state index contributed by atoms with van der Waals surface area (Å²) in [5.74, 6) is -5.26. The zero-order valence-electron chi connectivity index (χ0n) is 18.3. The Bertz CT molecular complexity index is 1060. The van der Waals surface area contributed by atoms with Crippen molar-refractivity contribution in [2.75, 3.05) is 11.9 Å². The minimum atomic E-state index is -4.53. The van der Waals surface area contributed by atoms with Gasteiger partial charge in [-0.15, -0.1) is 0 Å². The average molecular weight is 482 g/mol. The van der Waals surface area contributed by atoms with E-state index < -0.39 is 47.1 Å². The first kappa shape index (κ1) is 26.2. The molecule has 3 atom stereocenters. The van der Waals surface area contributed by atoms with Gasteiger partial charge in [-0.05, 0) is 29.5 Å². The molecular formula is C22H30N2O6PS-. The predicted octanol–water partition coefficient (Wildman–Crippen LogP) is 0.0446. The molecule has 176 valence electrons. The van der Waals surface area contributed by atoms with Gasteiger partial charge in [-0.25, -0.2) is 13.1 Å². The van der Waals surface area contributed by atoms with E-state index in [1.807, 2.05) is 6.07 Å². The minimum Gasteiger partial charge on any atom is -0.798 e. The number of quaternary nitrogens is 1. The van der Waals surface area contributed by atoms with E-state index in [0.717, 1.165) is 11.1 Å². The van der Waals surface area contributed by atoms with Crippen LogP contribution in [-0.2, 0) is 32.3 Å². The molecule has 10 heteroatoms. The van der Waals surface area contributed by atoms with Gasteiger partial charge in [0.25, 0.3) is 0 Å². The Balaban J connectivity index is 2.22. The summed E-state index contributed by atoms with van der Waals surface area (Å²) < 4.78 is 40.7. The summed E-state index contributed by atoms with van der Waals surface area (Å²) in [5.41, 5.74) is 5.61. The van der Waals surface area contributed by atoms with E-state index in [1.54, 1.807) is 56.3 Å². The van der Waals surface area contributed by atoms with Crippen molar-refractivity contribution in [3.8, 4) is 0 Å². The number of hydrogen-bond donors (Lipinski definition) is 2. The van der Waals surface area contributed by atoms with Crippen LogP contribution in [-0.4, -0.2) is 32.1 Å². The van der Waals surface area contributed by atoms with Crippen molar-refractivity contribution >= 4 is 23.4 Å². The monoisotopic (exact) mass is 481 g/mol. The van der Waals surface area contributed by atoms with Crippen molar-refractivity contribution in [2.45, 2.75) is 38.5 Å². The highest BCUT2D eigenvalue weighted by molar-refractivity contribution is 7.89. The molecule has 0 aromatic heterocycles. The first-order chi connectivity index (χ1) is 14.9. The molecule has 32 heavy (non-hydrogen) atoms. The second-order valence-corrected chi connectivity index (χ2v) is 12.4. The number of rotatable bonds is 12. The highest BCUT2D eigenvalue weighted by Crippen LogP contribution is 2.47. The Morgan fingerprint density at radius 3 is 2.28 bits per heavy atom. The van der Waals surface area contributed by atoms with Gasteiger partial charge in [0.15, 0.2) is 0 Å². The Morgan fingerprint density at radius 2 is 1.72 bits per heavy atom. The van der Waals surface area contributed by atoms with Gasteiger partial charge in [-0.2, -0.15) is 0 Å². The third kappa shape index (κ3) is 7.53. The highest BCUT2D eigenvalue weighted by atomic mass is 32.2. The van der Waals surface area contributed by atoms with Gasteiger partial charge < -0.3 is 25.1 Å². The first-order valence-corrected chi connectivity index (χ1v) is 13.9. The van der Waals surface area contributed by atoms with Crippen LogP contribution in [0.4, 0.5) is 0 Å². The van der Waals surface area contributed by atoms with Crippen molar-refractivity contribution in [3.05, 3.63) is 71.3 Å². The normalized spacial score (nSPS) is 15.8. The van der Waals surface area contributed by atoms with Crippen LogP contribution < -0.4 is 20.5 Å². The van der Waals surface area contributed by atoms with Gasteiger partial charge in [0.05, 0.1) is 18.1 Å². The number of carbonyl (C=O) groups is 1. The van der Waals surface area contributed by atoms with Crippen LogP contribution in [0.1, 0.15) is 36.5 Å². The Kier molecular flexibility index (Phi) is 9.18. The molecule has 2 aromatic rings. The molecule has 0 aliphatic rings. The van der Waals surface area contributed by atoms with E-state index >= 15 is 0 Å². The Labute approximate surface area is 189 Å². The molecule has 0 radical (unpaired) electrons. The van der Waals surface area contributed by atoms with Crippen molar-refractivity contribution in [1.82, 2.24) is 4.72 Å². The molecule has 0 fully saturated rings. The van der Waals surface area contributed by atoms with Crippen molar-refractivity contribution in [2.24, 2.45) is 5.92 Å². The van der Waals surface area contributed by atoms with E-state index in [0.29, 0.717) is 6.54 Å². The summed E-state index contributed by atoms with van der Waals surface area (Å²) in [7, 11) is -8.46. The number of aliphatic carboxylic acids is 1. The largest absolute Gasteiger partial charge is 0.798 e. The number of nitrogens with one attached hydrogen (secondary N) is 1. The third-order valence-electron chi connectivity index (χ3n) is 5.22. The topological polar surface area (TPSA) is 154 Å². The Morgan fingerprint density at radius 1 is 1.09 bits per heavy atom. The molecule has 0 bridgehead atoms. The maximum atomic E-state index is 13.2. The number of carbonyl (C=O) groups excluding carboxylic acids is 1. The molecule has 0 aliphatic carbocycles. The van der Waals surface area contributed by atoms with E-state index in [2.05, 4.69) is 10.5 Å². The van der Waals surface area contributed by atoms with Gasteiger partial charge in [-0.1, -0.05) is 62.4 Å². The Hall–Kier alpha value is -2.03. The van der Waals surface area contributed by atoms with Crippen LogP contribution in [0.3, 0.4) is 0 Å². The van der Waals surface area contributed by atoms with Gasteiger partial charge in [0.1, 0.15) is 0 Å². The second-order valence-electron chi connectivity index (χ2n) is 8.14.